The Bertz CT molecular complexity index is 690. The number of amides is 1. The van der Waals surface area contributed by atoms with Crippen molar-refractivity contribution < 1.29 is 14.0 Å². The highest BCUT2D eigenvalue weighted by Crippen LogP contribution is 2.25. The number of hydrogen-bond acceptors (Lipinski definition) is 5. The van der Waals surface area contributed by atoms with Crippen molar-refractivity contribution in [3.63, 3.8) is 0 Å². The lowest BCUT2D eigenvalue weighted by molar-refractivity contribution is -0.115. The summed E-state index contributed by atoms with van der Waals surface area (Å²) in [6.45, 7) is 6.97. The van der Waals surface area contributed by atoms with E-state index in [0.29, 0.717) is 16.5 Å². The molecule has 1 aromatic carbocycles. The number of benzene rings is 1. The van der Waals surface area contributed by atoms with E-state index >= 15 is 0 Å². The number of nitrogens with zero attached hydrogens (tertiary/aromatic N) is 1. The summed E-state index contributed by atoms with van der Waals surface area (Å²) < 4.78 is 5.46. The molecule has 0 bridgehead atoms. The lowest BCUT2D eigenvalue weighted by Crippen LogP contribution is -2.22. The zero-order valence-electron chi connectivity index (χ0n) is 13.0. The Morgan fingerprint density at radius 1 is 1.32 bits per heavy atom. The van der Waals surface area contributed by atoms with Gasteiger partial charge in [-0.05, 0) is 39.8 Å². The number of aromatic nitrogens is 1. The standard InChI is InChI=1S/C16H18N2O3S/c1-9-11(3)21-16(17-9)22-12(4)15(20)18-14-7-5-6-13(8-14)10(2)19/h5-8,12H,1-4H3,(H,18,20). The van der Waals surface area contributed by atoms with Crippen LogP contribution < -0.4 is 5.32 Å². The topological polar surface area (TPSA) is 72.2 Å². The number of Topliss-reactive ketones (excluding diaryl/α,β-unsaturated/α-hetero) is 1. The van der Waals surface area contributed by atoms with Crippen molar-refractivity contribution in [2.24, 2.45) is 0 Å². The molecule has 1 N–H and O–H groups in total. The van der Waals surface area contributed by atoms with Crippen molar-refractivity contribution in [1.82, 2.24) is 4.98 Å². The smallest absolute Gasteiger partial charge is 0.256 e. The molecule has 116 valence electrons. The molecule has 0 saturated carbocycles. The van der Waals surface area contributed by atoms with Gasteiger partial charge in [-0.15, -0.1) is 0 Å². The number of anilines is 1. The molecule has 1 heterocycles. The van der Waals surface area contributed by atoms with Crippen LogP contribution in [0, 0.1) is 13.8 Å². The minimum absolute atomic E-state index is 0.0377. The van der Waals surface area contributed by atoms with Crippen molar-refractivity contribution in [1.29, 1.82) is 0 Å². The summed E-state index contributed by atoms with van der Waals surface area (Å²) in [6.07, 6.45) is 0. The fourth-order valence-corrected chi connectivity index (χ4v) is 2.59. The molecular weight excluding hydrogens is 300 g/mol. The lowest BCUT2D eigenvalue weighted by atomic mass is 10.1. The van der Waals surface area contributed by atoms with Gasteiger partial charge in [0.15, 0.2) is 5.78 Å². The Morgan fingerprint density at radius 2 is 2.05 bits per heavy atom. The summed E-state index contributed by atoms with van der Waals surface area (Å²) in [7, 11) is 0. The van der Waals surface area contributed by atoms with Crippen LogP contribution in [0.2, 0.25) is 0 Å². The van der Waals surface area contributed by atoms with Gasteiger partial charge in [-0.25, -0.2) is 4.98 Å². The third-order valence-electron chi connectivity index (χ3n) is 3.19. The fourth-order valence-electron chi connectivity index (χ4n) is 1.76. The second-order valence-electron chi connectivity index (χ2n) is 5.01. The lowest BCUT2D eigenvalue weighted by Gasteiger charge is -2.10. The fraction of sp³-hybridized carbons (Fsp3) is 0.312. The van der Waals surface area contributed by atoms with Gasteiger partial charge in [-0.1, -0.05) is 23.9 Å². The number of aryl methyl sites for hydroxylation is 2. The number of carbonyl (C=O) groups is 2. The number of hydrogen-bond donors (Lipinski definition) is 1. The van der Waals surface area contributed by atoms with Gasteiger partial charge in [0.25, 0.3) is 5.22 Å². The maximum Gasteiger partial charge on any atom is 0.256 e. The number of ketones is 1. The first-order chi connectivity index (χ1) is 10.4. The molecule has 6 heteroatoms. The van der Waals surface area contributed by atoms with Crippen molar-refractivity contribution in [2.75, 3.05) is 5.32 Å². The molecule has 1 unspecified atom stereocenters. The average molecular weight is 318 g/mol. The molecule has 0 aliphatic rings. The van der Waals surface area contributed by atoms with E-state index in [2.05, 4.69) is 10.3 Å². The van der Waals surface area contributed by atoms with E-state index in [1.54, 1.807) is 31.2 Å². The normalized spacial score (nSPS) is 12.0. The summed E-state index contributed by atoms with van der Waals surface area (Å²) in [4.78, 5) is 27.8. The second-order valence-corrected chi connectivity index (χ2v) is 6.30. The highest BCUT2D eigenvalue weighted by atomic mass is 32.2. The van der Waals surface area contributed by atoms with E-state index in [1.165, 1.54) is 18.7 Å². The zero-order valence-corrected chi connectivity index (χ0v) is 13.8. The van der Waals surface area contributed by atoms with E-state index < -0.39 is 0 Å². The maximum absolute atomic E-state index is 12.2. The molecule has 0 fully saturated rings. The van der Waals surface area contributed by atoms with E-state index in [-0.39, 0.29) is 16.9 Å². The van der Waals surface area contributed by atoms with Gasteiger partial charge >= 0.3 is 0 Å². The molecule has 0 aliphatic carbocycles. The maximum atomic E-state index is 12.2. The Balaban J connectivity index is 2.02. The minimum atomic E-state index is -0.363. The highest BCUT2D eigenvalue weighted by Gasteiger charge is 2.18. The summed E-state index contributed by atoms with van der Waals surface area (Å²) in [5.74, 6) is 0.549. The van der Waals surface area contributed by atoms with Gasteiger partial charge in [0.05, 0.1) is 10.9 Å². The Labute approximate surface area is 133 Å². The zero-order chi connectivity index (χ0) is 16.3. The number of carbonyl (C=O) groups excluding carboxylic acids is 2. The Hall–Kier alpha value is -2.08. The third-order valence-corrected chi connectivity index (χ3v) is 4.14. The average Bonchev–Trinajstić information content (AvgIpc) is 2.77. The number of thioether (sulfide) groups is 1. The van der Waals surface area contributed by atoms with E-state index in [4.69, 9.17) is 4.42 Å². The van der Waals surface area contributed by atoms with Gasteiger partial charge in [0.1, 0.15) is 5.76 Å². The van der Waals surface area contributed by atoms with E-state index in [0.717, 1.165) is 11.5 Å². The summed E-state index contributed by atoms with van der Waals surface area (Å²) >= 11 is 1.26. The predicted octanol–water partition coefficient (Wildman–Crippen LogP) is 3.61. The molecule has 0 saturated heterocycles. The Morgan fingerprint density at radius 3 is 2.64 bits per heavy atom. The molecule has 0 radical (unpaired) electrons. The van der Waals surface area contributed by atoms with Crippen molar-refractivity contribution in [3.05, 3.63) is 41.3 Å². The molecule has 1 aromatic heterocycles. The van der Waals surface area contributed by atoms with E-state index in [9.17, 15) is 9.59 Å². The predicted molar refractivity (Wildman–Crippen MR) is 86.4 cm³/mol. The van der Waals surface area contributed by atoms with Gasteiger partial charge < -0.3 is 9.73 Å². The number of nitrogens with one attached hydrogen (secondary N) is 1. The van der Waals surface area contributed by atoms with Crippen LogP contribution in [-0.4, -0.2) is 21.9 Å². The largest absolute Gasteiger partial charge is 0.437 e. The highest BCUT2D eigenvalue weighted by molar-refractivity contribution is 8.00. The van der Waals surface area contributed by atoms with Crippen molar-refractivity contribution in [3.8, 4) is 0 Å². The monoisotopic (exact) mass is 318 g/mol. The summed E-state index contributed by atoms with van der Waals surface area (Å²) in [6, 6.07) is 6.87. The van der Waals surface area contributed by atoms with Crippen LogP contribution in [0.15, 0.2) is 33.9 Å². The first-order valence-electron chi connectivity index (χ1n) is 6.89. The molecule has 5 nitrogen and oxygen atoms in total. The van der Waals surface area contributed by atoms with Crippen molar-refractivity contribution >= 4 is 29.1 Å². The van der Waals surface area contributed by atoms with Gasteiger partial charge in [-0.2, -0.15) is 0 Å². The molecule has 1 amide bonds. The van der Waals surface area contributed by atoms with Crippen LogP contribution in [0.1, 0.15) is 35.7 Å². The van der Waals surface area contributed by atoms with Gasteiger partial charge in [0, 0.05) is 11.3 Å². The van der Waals surface area contributed by atoms with Gasteiger partial charge in [0.2, 0.25) is 5.91 Å². The van der Waals surface area contributed by atoms with Crippen LogP contribution in [-0.2, 0) is 4.79 Å². The van der Waals surface area contributed by atoms with Crippen LogP contribution >= 0.6 is 11.8 Å². The summed E-state index contributed by atoms with van der Waals surface area (Å²) in [5, 5.41) is 2.92. The second kappa shape index (κ2) is 6.79. The first kappa shape index (κ1) is 16.3. The van der Waals surface area contributed by atoms with Crippen LogP contribution in [0.25, 0.3) is 0 Å². The molecular formula is C16H18N2O3S. The molecule has 1 atom stereocenters. The number of oxazole rings is 1. The quantitative estimate of drug-likeness (QED) is 0.673. The molecule has 0 aliphatic heterocycles. The summed E-state index contributed by atoms with van der Waals surface area (Å²) in [5.41, 5.74) is 1.99. The number of rotatable bonds is 5. The van der Waals surface area contributed by atoms with Crippen LogP contribution in [0.5, 0.6) is 0 Å². The van der Waals surface area contributed by atoms with E-state index in [1.807, 2.05) is 13.8 Å². The molecule has 2 rings (SSSR count). The van der Waals surface area contributed by atoms with Crippen molar-refractivity contribution in [2.45, 2.75) is 38.2 Å². The SMILES string of the molecule is CC(=O)c1cccc(NC(=O)C(C)Sc2nc(C)c(C)o2)c1. The first-order valence-corrected chi connectivity index (χ1v) is 7.77. The van der Waals surface area contributed by atoms with Crippen LogP contribution in [0.3, 0.4) is 0 Å². The Kier molecular flexibility index (Phi) is 5.03. The molecule has 22 heavy (non-hydrogen) atoms. The van der Waals surface area contributed by atoms with Gasteiger partial charge in [-0.3, -0.25) is 9.59 Å². The molecule has 2 aromatic rings. The minimum Gasteiger partial charge on any atom is -0.437 e. The van der Waals surface area contributed by atoms with Crippen LogP contribution in [0.4, 0.5) is 5.69 Å². The molecule has 0 spiro atoms. The third kappa shape index (κ3) is 3.98.